The van der Waals surface area contributed by atoms with E-state index in [0.717, 1.165) is 0 Å². The molecule has 9 nitrogen and oxygen atoms in total. The van der Waals surface area contributed by atoms with Crippen LogP contribution in [0.1, 0.15) is 33.7 Å². The van der Waals surface area contributed by atoms with Gasteiger partial charge in [0, 0.05) is 19.8 Å². The monoisotopic (exact) mass is 420 g/mol. The highest BCUT2D eigenvalue weighted by Gasteiger charge is 2.22. The van der Waals surface area contributed by atoms with Gasteiger partial charge in [-0.05, 0) is 35.0 Å². The second-order valence-electron chi connectivity index (χ2n) is 5.43. The third-order valence-corrected chi connectivity index (χ3v) is 4.24. The molecular formula is C16H17BrN6O3. The third-order valence-electron chi connectivity index (χ3n) is 3.66. The topological polar surface area (TPSA) is 107 Å². The molecule has 0 bridgehead atoms. The molecule has 0 atom stereocenters. The Balaban J connectivity index is 1.79. The van der Waals surface area contributed by atoms with E-state index in [0.29, 0.717) is 28.2 Å². The molecule has 0 radical (unpaired) electrons. The summed E-state index contributed by atoms with van der Waals surface area (Å²) in [6.45, 7) is 2.68. The number of amides is 2. The summed E-state index contributed by atoms with van der Waals surface area (Å²) in [7, 11) is 1.66. The fourth-order valence-corrected chi connectivity index (χ4v) is 2.88. The highest BCUT2D eigenvalue weighted by Crippen LogP contribution is 2.19. The van der Waals surface area contributed by atoms with Crippen molar-refractivity contribution in [3.63, 3.8) is 0 Å². The molecule has 3 rings (SSSR count). The quantitative estimate of drug-likeness (QED) is 0.635. The molecule has 3 aromatic rings. The molecule has 3 heterocycles. The number of hydrogen-bond acceptors (Lipinski definition) is 5. The molecule has 0 saturated carbocycles. The van der Waals surface area contributed by atoms with Crippen LogP contribution in [0.25, 0.3) is 0 Å². The number of nitrogens with zero attached hydrogens (tertiary/aromatic N) is 4. The highest BCUT2D eigenvalue weighted by molar-refractivity contribution is 9.10. The normalized spacial score (nSPS) is 10.7. The van der Waals surface area contributed by atoms with Gasteiger partial charge in [0.2, 0.25) is 0 Å². The molecule has 0 saturated heterocycles. The number of hydrogen-bond donors (Lipinski definition) is 2. The molecule has 0 aliphatic heterocycles. The van der Waals surface area contributed by atoms with Crippen LogP contribution in [0.15, 0.2) is 39.7 Å². The van der Waals surface area contributed by atoms with Gasteiger partial charge in [-0.25, -0.2) is 0 Å². The van der Waals surface area contributed by atoms with Gasteiger partial charge in [-0.2, -0.15) is 10.2 Å². The Morgan fingerprint density at radius 3 is 2.77 bits per heavy atom. The van der Waals surface area contributed by atoms with Gasteiger partial charge in [0.05, 0.1) is 29.2 Å². The van der Waals surface area contributed by atoms with E-state index in [2.05, 4.69) is 36.8 Å². The van der Waals surface area contributed by atoms with Crippen LogP contribution in [0.3, 0.4) is 0 Å². The molecule has 2 N–H and O–H groups in total. The molecule has 0 aromatic carbocycles. The summed E-state index contributed by atoms with van der Waals surface area (Å²) in [5.41, 5.74) is 0.795. The number of carbonyl (C=O) groups excluding carboxylic acids is 2. The lowest BCUT2D eigenvalue weighted by atomic mass is 10.3. The number of anilines is 1. The number of rotatable bonds is 6. The zero-order valence-corrected chi connectivity index (χ0v) is 15.8. The molecule has 26 heavy (non-hydrogen) atoms. The molecule has 0 aliphatic carbocycles. The van der Waals surface area contributed by atoms with E-state index in [-0.39, 0.29) is 12.2 Å². The predicted octanol–water partition coefficient (Wildman–Crippen LogP) is 2.17. The minimum atomic E-state index is -0.409. The van der Waals surface area contributed by atoms with E-state index in [1.807, 2.05) is 6.92 Å². The Morgan fingerprint density at radius 2 is 2.15 bits per heavy atom. The summed E-state index contributed by atoms with van der Waals surface area (Å²) in [5, 5.41) is 13.7. The third kappa shape index (κ3) is 3.69. The lowest BCUT2D eigenvalue weighted by molar-refractivity contribution is 0.0943. The first kappa shape index (κ1) is 17.9. The first-order valence-corrected chi connectivity index (χ1v) is 8.65. The number of carbonyl (C=O) groups is 2. The van der Waals surface area contributed by atoms with Crippen LogP contribution < -0.4 is 10.6 Å². The summed E-state index contributed by atoms with van der Waals surface area (Å²) in [5.74, 6) is -0.182. The van der Waals surface area contributed by atoms with E-state index in [9.17, 15) is 9.59 Å². The maximum absolute atomic E-state index is 12.5. The Kier molecular flexibility index (Phi) is 5.21. The van der Waals surface area contributed by atoms with Crippen LogP contribution >= 0.6 is 15.9 Å². The van der Waals surface area contributed by atoms with Gasteiger partial charge in [0.15, 0.2) is 5.69 Å². The standard InChI is InChI=1S/C16H17BrN6O3/c1-3-23-9-12(20-16(25)14-11(17)8-19-22(14)2)13(21-23)15(24)18-7-10-5-4-6-26-10/h4-6,8-9H,3,7H2,1-2H3,(H,18,24)(H,20,25). The van der Waals surface area contributed by atoms with Gasteiger partial charge in [-0.1, -0.05) is 0 Å². The van der Waals surface area contributed by atoms with Crippen LogP contribution in [0.5, 0.6) is 0 Å². The van der Waals surface area contributed by atoms with Crippen LogP contribution in [-0.4, -0.2) is 31.4 Å². The molecule has 0 unspecified atom stereocenters. The number of halogens is 1. The van der Waals surface area contributed by atoms with Gasteiger partial charge >= 0.3 is 0 Å². The molecular weight excluding hydrogens is 404 g/mol. The van der Waals surface area contributed by atoms with Crippen molar-refractivity contribution in [1.29, 1.82) is 0 Å². The molecule has 3 aromatic heterocycles. The molecule has 0 fully saturated rings. The van der Waals surface area contributed by atoms with Gasteiger partial charge in [0.1, 0.15) is 11.5 Å². The highest BCUT2D eigenvalue weighted by atomic mass is 79.9. The molecule has 136 valence electrons. The van der Waals surface area contributed by atoms with Crippen molar-refractivity contribution in [2.24, 2.45) is 7.05 Å². The van der Waals surface area contributed by atoms with Crippen molar-refractivity contribution in [2.45, 2.75) is 20.0 Å². The summed E-state index contributed by atoms with van der Waals surface area (Å²) in [6, 6.07) is 3.50. The maximum Gasteiger partial charge on any atom is 0.275 e. The minimum absolute atomic E-state index is 0.130. The molecule has 0 aliphatic rings. The fraction of sp³-hybridized carbons (Fsp3) is 0.250. The van der Waals surface area contributed by atoms with E-state index in [4.69, 9.17) is 4.42 Å². The van der Waals surface area contributed by atoms with Crippen molar-refractivity contribution in [3.8, 4) is 0 Å². The van der Waals surface area contributed by atoms with Crippen molar-refractivity contribution < 1.29 is 14.0 Å². The van der Waals surface area contributed by atoms with Crippen molar-refractivity contribution in [2.75, 3.05) is 5.32 Å². The Labute approximate surface area is 157 Å². The predicted molar refractivity (Wildman–Crippen MR) is 96.6 cm³/mol. The van der Waals surface area contributed by atoms with Crippen LogP contribution in [0.2, 0.25) is 0 Å². The van der Waals surface area contributed by atoms with Crippen molar-refractivity contribution in [1.82, 2.24) is 24.9 Å². The van der Waals surface area contributed by atoms with E-state index in [1.165, 1.54) is 17.1 Å². The van der Waals surface area contributed by atoms with Crippen LogP contribution in [-0.2, 0) is 20.1 Å². The fourth-order valence-electron chi connectivity index (χ4n) is 2.35. The lowest BCUT2D eigenvalue weighted by Gasteiger charge is -2.06. The average Bonchev–Trinajstić information content (AvgIpc) is 3.33. The second-order valence-corrected chi connectivity index (χ2v) is 6.28. The summed E-state index contributed by atoms with van der Waals surface area (Å²) < 4.78 is 8.77. The zero-order chi connectivity index (χ0) is 18.7. The van der Waals surface area contributed by atoms with Crippen LogP contribution in [0, 0.1) is 0 Å². The first-order valence-electron chi connectivity index (χ1n) is 7.86. The second kappa shape index (κ2) is 7.56. The number of aromatic nitrogens is 4. The Bertz CT molecular complexity index is 909. The van der Waals surface area contributed by atoms with Gasteiger partial charge in [-0.3, -0.25) is 19.0 Å². The first-order chi connectivity index (χ1) is 12.5. The van der Waals surface area contributed by atoms with Gasteiger partial charge < -0.3 is 15.1 Å². The SMILES string of the molecule is CCn1cc(NC(=O)c2c(Br)cnn2C)c(C(=O)NCc2ccco2)n1. The van der Waals surface area contributed by atoms with Crippen molar-refractivity contribution >= 4 is 33.4 Å². The van der Waals surface area contributed by atoms with E-state index in [1.54, 1.807) is 30.1 Å². The Morgan fingerprint density at radius 1 is 1.35 bits per heavy atom. The molecule has 2 amide bonds. The molecule has 10 heteroatoms. The van der Waals surface area contributed by atoms with E-state index >= 15 is 0 Å². The largest absolute Gasteiger partial charge is 0.467 e. The zero-order valence-electron chi connectivity index (χ0n) is 14.2. The molecule has 0 spiro atoms. The van der Waals surface area contributed by atoms with Crippen molar-refractivity contribution in [3.05, 3.63) is 52.4 Å². The number of furan rings is 1. The number of aryl methyl sites for hydroxylation is 2. The lowest BCUT2D eigenvalue weighted by Crippen LogP contribution is -2.25. The summed E-state index contributed by atoms with van der Waals surface area (Å²) in [4.78, 5) is 25.0. The summed E-state index contributed by atoms with van der Waals surface area (Å²) in [6.07, 6.45) is 4.68. The average molecular weight is 421 g/mol. The maximum atomic E-state index is 12.5. The van der Waals surface area contributed by atoms with Gasteiger partial charge in [0.25, 0.3) is 11.8 Å². The summed E-state index contributed by atoms with van der Waals surface area (Å²) >= 11 is 3.29. The Hall–Kier alpha value is -2.88. The smallest absolute Gasteiger partial charge is 0.275 e. The van der Waals surface area contributed by atoms with Gasteiger partial charge in [-0.15, -0.1) is 0 Å². The minimum Gasteiger partial charge on any atom is -0.467 e. The van der Waals surface area contributed by atoms with E-state index < -0.39 is 11.8 Å². The number of nitrogens with one attached hydrogen (secondary N) is 2. The van der Waals surface area contributed by atoms with Crippen LogP contribution in [0.4, 0.5) is 5.69 Å².